The minimum absolute atomic E-state index is 0.0597. The number of rotatable bonds is 7. The van der Waals surface area contributed by atoms with Gasteiger partial charge in [-0.2, -0.15) is 0 Å². The Hall–Kier alpha value is -1.58. The molecule has 4 nitrogen and oxygen atoms in total. The van der Waals surface area contributed by atoms with Gasteiger partial charge in [0.05, 0.1) is 19.3 Å². The number of aryl methyl sites for hydroxylation is 1. The first-order valence-electron chi connectivity index (χ1n) is 5.42. The summed E-state index contributed by atoms with van der Waals surface area (Å²) in [6, 6.07) is 3.62. The normalized spacial score (nSPS) is 10.1. The Bertz CT molecular complexity index is 327. The highest BCUT2D eigenvalue weighted by Crippen LogP contribution is 2.06. The van der Waals surface area contributed by atoms with Gasteiger partial charge >= 0.3 is 5.97 Å². The van der Waals surface area contributed by atoms with Crippen LogP contribution in [0.15, 0.2) is 22.8 Å². The highest BCUT2D eigenvalue weighted by atomic mass is 16.5. The van der Waals surface area contributed by atoms with Crippen LogP contribution in [0, 0.1) is 0 Å². The van der Waals surface area contributed by atoms with Crippen molar-refractivity contribution in [2.24, 2.45) is 0 Å². The Labute approximate surface area is 94.6 Å². The smallest absolute Gasteiger partial charge is 0.306 e. The van der Waals surface area contributed by atoms with Gasteiger partial charge in [-0.15, -0.1) is 0 Å². The minimum Gasteiger partial charge on any atom is -0.469 e. The molecule has 0 spiro atoms. The molecule has 1 aromatic rings. The number of ketones is 1. The fourth-order valence-electron chi connectivity index (χ4n) is 1.32. The van der Waals surface area contributed by atoms with Crippen LogP contribution in [0.2, 0.25) is 0 Å². The van der Waals surface area contributed by atoms with E-state index in [1.807, 2.05) is 6.07 Å². The molecule has 0 unspecified atom stereocenters. The van der Waals surface area contributed by atoms with Gasteiger partial charge in [-0.3, -0.25) is 9.59 Å². The van der Waals surface area contributed by atoms with Gasteiger partial charge in [-0.25, -0.2) is 0 Å². The van der Waals surface area contributed by atoms with Crippen LogP contribution in [0.3, 0.4) is 0 Å². The van der Waals surface area contributed by atoms with E-state index < -0.39 is 0 Å². The zero-order valence-corrected chi connectivity index (χ0v) is 9.40. The Morgan fingerprint density at radius 2 is 2.12 bits per heavy atom. The molecule has 0 fully saturated rings. The van der Waals surface area contributed by atoms with E-state index in [0.29, 0.717) is 19.4 Å². The summed E-state index contributed by atoms with van der Waals surface area (Å²) >= 11 is 0. The minimum atomic E-state index is -0.311. The fourth-order valence-corrected chi connectivity index (χ4v) is 1.32. The third-order valence-corrected chi connectivity index (χ3v) is 2.14. The number of furan rings is 1. The molecule has 4 heteroatoms. The van der Waals surface area contributed by atoms with Gasteiger partial charge in [0, 0.05) is 19.3 Å². The Morgan fingerprint density at radius 1 is 1.31 bits per heavy atom. The average molecular weight is 224 g/mol. The van der Waals surface area contributed by atoms with Crippen LogP contribution in [0.5, 0.6) is 0 Å². The first-order chi connectivity index (χ1) is 7.72. The molecule has 0 atom stereocenters. The third kappa shape index (κ3) is 4.77. The largest absolute Gasteiger partial charge is 0.469 e. The number of Topliss-reactive ketones (excluding diaryl/α,β-unsaturated/α-hetero) is 1. The first-order valence-corrected chi connectivity index (χ1v) is 5.42. The SMILES string of the molecule is CCOC(=O)CCC(=O)CCc1ccco1. The highest BCUT2D eigenvalue weighted by Gasteiger charge is 2.08. The molecule has 0 saturated carbocycles. The van der Waals surface area contributed by atoms with Crippen molar-refractivity contribution < 1.29 is 18.7 Å². The molecule has 1 rings (SSSR count). The maximum absolute atomic E-state index is 11.4. The summed E-state index contributed by atoms with van der Waals surface area (Å²) in [5.74, 6) is 0.544. The number of ether oxygens (including phenoxy) is 1. The number of hydrogen-bond donors (Lipinski definition) is 0. The Balaban J connectivity index is 2.14. The van der Waals surface area contributed by atoms with E-state index in [1.165, 1.54) is 0 Å². The molecule has 1 heterocycles. The average Bonchev–Trinajstić information content (AvgIpc) is 2.77. The van der Waals surface area contributed by atoms with Crippen molar-refractivity contribution in [1.29, 1.82) is 0 Å². The second-order valence-corrected chi connectivity index (χ2v) is 3.42. The van der Waals surface area contributed by atoms with Crippen molar-refractivity contribution in [3.05, 3.63) is 24.2 Å². The van der Waals surface area contributed by atoms with Crippen molar-refractivity contribution in [1.82, 2.24) is 0 Å². The predicted molar refractivity (Wildman–Crippen MR) is 57.9 cm³/mol. The van der Waals surface area contributed by atoms with Gasteiger partial charge in [-0.05, 0) is 19.1 Å². The lowest BCUT2D eigenvalue weighted by Gasteiger charge is -2.00. The highest BCUT2D eigenvalue weighted by molar-refractivity contribution is 5.82. The van der Waals surface area contributed by atoms with Crippen LogP contribution in [0.25, 0.3) is 0 Å². The van der Waals surface area contributed by atoms with Crippen LogP contribution in [0.4, 0.5) is 0 Å². The van der Waals surface area contributed by atoms with Gasteiger partial charge in [0.15, 0.2) is 0 Å². The van der Waals surface area contributed by atoms with Gasteiger partial charge in [-0.1, -0.05) is 0 Å². The zero-order valence-electron chi connectivity index (χ0n) is 9.40. The molecule has 0 aliphatic carbocycles. The van der Waals surface area contributed by atoms with Crippen LogP contribution in [-0.2, 0) is 20.7 Å². The van der Waals surface area contributed by atoms with E-state index in [2.05, 4.69) is 0 Å². The van der Waals surface area contributed by atoms with E-state index in [9.17, 15) is 9.59 Å². The summed E-state index contributed by atoms with van der Waals surface area (Å²) in [6.45, 7) is 2.11. The molecule has 1 aromatic heterocycles. The molecule has 0 saturated heterocycles. The molecule has 0 radical (unpaired) electrons. The number of carbonyl (C=O) groups excluding carboxylic acids is 2. The van der Waals surface area contributed by atoms with Gasteiger partial charge in [0.2, 0.25) is 0 Å². The second kappa shape index (κ2) is 6.82. The topological polar surface area (TPSA) is 56.5 Å². The van der Waals surface area contributed by atoms with Crippen LogP contribution >= 0.6 is 0 Å². The Morgan fingerprint density at radius 3 is 2.75 bits per heavy atom. The molecular weight excluding hydrogens is 208 g/mol. The summed E-state index contributed by atoms with van der Waals surface area (Å²) in [5, 5.41) is 0. The number of hydrogen-bond acceptors (Lipinski definition) is 4. The molecule has 88 valence electrons. The first kappa shape index (κ1) is 12.5. The van der Waals surface area contributed by atoms with Crippen LogP contribution in [-0.4, -0.2) is 18.4 Å². The second-order valence-electron chi connectivity index (χ2n) is 3.42. The van der Waals surface area contributed by atoms with Crippen LogP contribution in [0.1, 0.15) is 31.9 Å². The van der Waals surface area contributed by atoms with E-state index in [4.69, 9.17) is 9.15 Å². The van der Waals surface area contributed by atoms with Crippen molar-refractivity contribution in [3.63, 3.8) is 0 Å². The summed E-state index contributed by atoms with van der Waals surface area (Å²) in [7, 11) is 0. The van der Waals surface area contributed by atoms with Crippen molar-refractivity contribution in [3.8, 4) is 0 Å². The van der Waals surface area contributed by atoms with Gasteiger partial charge < -0.3 is 9.15 Å². The van der Waals surface area contributed by atoms with E-state index >= 15 is 0 Å². The zero-order chi connectivity index (χ0) is 11.8. The van der Waals surface area contributed by atoms with E-state index in [-0.39, 0.29) is 24.6 Å². The molecule has 0 bridgehead atoms. The molecule has 0 N–H and O–H groups in total. The number of carbonyl (C=O) groups is 2. The molecular formula is C12H16O4. The van der Waals surface area contributed by atoms with Gasteiger partial charge in [0.1, 0.15) is 11.5 Å². The lowest BCUT2D eigenvalue weighted by Crippen LogP contribution is -2.08. The summed E-state index contributed by atoms with van der Waals surface area (Å²) < 4.78 is 9.84. The third-order valence-electron chi connectivity index (χ3n) is 2.14. The summed E-state index contributed by atoms with van der Waals surface area (Å²) in [5.41, 5.74) is 0. The molecule has 0 aliphatic rings. The summed E-state index contributed by atoms with van der Waals surface area (Å²) in [6.07, 6.45) is 3.00. The van der Waals surface area contributed by atoms with Crippen molar-refractivity contribution >= 4 is 11.8 Å². The molecule has 0 aromatic carbocycles. The van der Waals surface area contributed by atoms with Crippen LogP contribution < -0.4 is 0 Å². The summed E-state index contributed by atoms with van der Waals surface area (Å²) in [4.78, 5) is 22.4. The predicted octanol–water partition coefficient (Wildman–Crippen LogP) is 2.12. The lowest BCUT2D eigenvalue weighted by molar-refractivity contribution is -0.144. The Kier molecular flexibility index (Phi) is 5.32. The monoisotopic (exact) mass is 224 g/mol. The maximum atomic E-state index is 11.4. The lowest BCUT2D eigenvalue weighted by atomic mass is 10.1. The van der Waals surface area contributed by atoms with Crippen molar-refractivity contribution in [2.45, 2.75) is 32.6 Å². The van der Waals surface area contributed by atoms with E-state index in [1.54, 1.807) is 19.3 Å². The number of esters is 1. The van der Waals surface area contributed by atoms with Crippen molar-refractivity contribution in [2.75, 3.05) is 6.61 Å². The fraction of sp³-hybridized carbons (Fsp3) is 0.500. The maximum Gasteiger partial charge on any atom is 0.306 e. The molecule has 16 heavy (non-hydrogen) atoms. The molecule has 0 aliphatic heterocycles. The standard InChI is InChI=1S/C12H16O4/c1-2-15-12(14)8-6-10(13)5-7-11-4-3-9-16-11/h3-4,9H,2,5-8H2,1H3. The van der Waals surface area contributed by atoms with E-state index in [0.717, 1.165) is 5.76 Å². The van der Waals surface area contributed by atoms with Gasteiger partial charge in [0.25, 0.3) is 0 Å². The quantitative estimate of drug-likeness (QED) is 0.666. The molecule has 0 amide bonds.